The van der Waals surface area contributed by atoms with Crippen molar-refractivity contribution in [1.29, 1.82) is 0 Å². The van der Waals surface area contributed by atoms with Crippen LogP contribution in [0, 0.1) is 6.07 Å². The maximum absolute atomic E-state index is 10.0. The smallest absolute Gasteiger partial charge is 0.155 e. The normalized spacial score (nSPS) is 11.6. The van der Waals surface area contributed by atoms with E-state index in [0.717, 1.165) is 60.5 Å². The molecule has 0 aliphatic rings. The molecule has 0 fully saturated rings. The number of furan rings is 1. The number of fused-ring (bicyclic) bond motifs is 3. The first-order valence-corrected chi connectivity index (χ1v) is 12.0. The van der Waals surface area contributed by atoms with Gasteiger partial charge in [-0.3, -0.25) is 9.78 Å². The number of aliphatic hydroxyl groups is 1. The fourth-order valence-electron chi connectivity index (χ4n) is 4.90. The molecule has 0 bridgehead atoms. The van der Waals surface area contributed by atoms with Gasteiger partial charge in [-0.1, -0.05) is 53.9 Å². The van der Waals surface area contributed by atoms with Gasteiger partial charge < -0.3 is 14.1 Å². The van der Waals surface area contributed by atoms with E-state index < -0.39 is 0 Å². The number of benzene rings is 4. The van der Waals surface area contributed by atoms with Crippen molar-refractivity contribution in [1.82, 2.24) is 9.55 Å². The number of para-hydroxylation sites is 2. The minimum Gasteiger partial charge on any atom is -0.512 e. The third kappa shape index (κ3) is 4.38. The Kier molecular flexibility index (Phi) is 6.85. The minimum absolute atomic E-state index is 0. The van der Waals surface area contributed by atoms with Crippen molar-refractivity contribution in [2.24, 2.45) is 0 Å². The average Bonchev–Trinajstić information content (AvgIpc) is 3.23. The summed E-state index contributed by atoms with van der Waals surface area (Å²) in [7, 11) is 0. The number of ketones is 1. The van der Waals surface area contributed by atoms with Gasteiger partial charge in [0.1, 0.15) is 5.58 Å². The maximum Gasteiger partial charge on any atom is 0.155 e. The molecule has 0 unspecified atom stereocenters. The van der Waals surface area contributed by atoms with Crippen LogP contribution in [0.1, 0.15) is 13.8 Å². The largest absolute Gasteiger partial charge is 0.512 e. The van der Waals surface area contributed by atoms with E-state index in [1.165, 1.54) is 19.9 Å². The molecule has 1 radical (unpaired) electrons. The Labute approximate surface area is 232 Å². The van der Waals surface area contributed by atoms with E-state index in [9.17, 15) is 4.79 Å². The number of hydrogen-bond acceptors (Lipinski definition) is 4. The second kappa shape index (κ2) is 10.3. The van der Waals surface area contributed by atoms with E-state index in [1.807, 2.05) is 30.3 Å². The molecule has 6 heteroatoms. The summed E-state index contributed by atoms with van der Waals surface area (Å²) in [5.41, 5.74) is 6.86. The van der Waals surface area contributed by atoms with Crippen LogP contribution in [0.3, 0.4) is 0 Å². The van der Waals surface area contributed by atoms with Gasteiger partial charge in [-0.25, -0.2) is 0 Å². The van der Waals surface area contributed by atoms with Gasteiger partial charge in [0.05, 0.1) is 16.9 Å². The molecule has 0 atom stereocenters. The van der Waals surface area contributed by atoms with E-state index in [-0.39, 0.29) is 31.6 Å². The van der Waals surface area contributed by atoms with Crippen molar-refractivity contribution in [3.8, 4) is 5.69 Å². The Bertz CT molecular complexity index is 1980. The Morgan fingerprint density at radius 1 is 0.895 bits per heavy atom. The van der Waals surface area contributed by atoms with Crippen LogP contribution in [0.25, 0.3) is 60.5 Å². The second-order valence-electron chi connectivity index (χ2n) is 8.96. The predicted octanol–water partition coefficient (Wildman–Crippen LogP) is 8.07. The third-order valence-corrected chi connectivity index (χ3v) is 6.28. The number of aliphatic hydroxyl groups excluding tert-OH is 1. The molecule has 5 nitrogen and oxygen atoms in total. The fraction of sp³-hybridized carbons (Fsp3) is 0.0625. The molecule has 3 aromatic heterocycles. The van der Waals surface area contributed by atoms with E-state index in [4.69, 9.17) is 14.5 Å². The van der Waals surface area contributed by atoms with Crippen molar-refractivity contribution >= 4 is 60.6 Å². The first-order valence-electron chi connectivity index (χ1n) is 12.0. The summed E-state index contributed by atoms with van der Waals surface area (Å²) < 4.78 is 8.51. The van der Waals surface area contributed by atoms with Gasteiger partial charge in [0, 0.05) is 59.2 Å². The van der Waals surface area contributed by atoms with Crippen molar-refractivity contribution in [3.05, 3.63) is 109 Å². The Balaban J connectivity index is 0.000000329. The number of carbonyl (C=O) groups is 1. The number of allylic oxidation sites excluding steroid dienone is 2. The summed E-state index contributed by atoms with van der Waals surface area (Å²) in [6.45, 7) is 2.85. The number of rotatable bonds is 2. The number of hydrogen-bond donors (Lipinski definition) is 1. The molecule has 7 rings (SSSR count). The Morgan fingerprint density at radius 2 is 1.63 bits per heavy atom. The molecule has 189 valence electrons. The van der Waals surface area contributed by atoms with Gasteiger partial charge in [-0.2, -0.15) is 0 Å². The van der Waals surface area contributed by atoms with Crippen LogP contribution in [0.2, 0.25) is 0 Å². The van der Waals surface area contributed by atoms with Crippen LogP contribution in [-0.4, -0.2) is 20.4 Å². The molecule has 3 heterocycles. The molecule has 0 amide bonds. The van der Waals surface area contributed by atoms with Gasteiger partial charge in [-0.15, -0.1) is 17.5 Å². The molecule has 7 aromatic rings. The van der Waals surface area contributed by atoms with Crippen LogP contribution < -0.4 is 0 Å². The fourth-order valence-corrected chi connectivity index (χ4v) is 4.90. The molecule has 0 spiro atoms. The SMILES string of the molecule is CC(=O)/C=C(/C)O.[Ir].[c-]1ccc2oc3cccc4c3c2c1c1nc2ccccc2cc1n4-c1ccccc1. The quantitative estimate of drug-likeness (QED) is 0.114. The van der Waals surface area contributed by atoms with Crippen molar-refractivity contribution in [2.45, 2.75) is 13.8 Å². The van der Waals surface area contributed by atoms with Crippen molar-refractivity contribution in [3.63, 3.8) is 0 Å². The molecule has 0 aliphatic heterocycles. The summed E-state index contributed by atoms with van der Waals surface area (Å²) in [4.78, 5) is 15.1. The first-order chi connectivity index (χ1) is 18.0. The average molecular weight is 676 g/mol. The van der Waals surface area contributed by atoms with Crippen LogP contribution in [-0.2, 0) is 24.9 Å². The zero-order chi connectivity index (χ0) is 25.5. The first kappa shape index (κ1) is 25.4. The van der Waals surface area contributed by atoms with Crippen LogP contribution >= 0.6 is 0 Å². The van der Waals surface area contributed by atoms with Gasteiger partial charge in [0.25, 0.3) is 0 Å². The number of nitrogens with zero attached hydrogens (tertiary/aromatic N) is 2. The minimum atomic E-state index is -0.125. The van der Waals surface area contributed by atoms with E-state index >= 15 is 0 Å². The van der Waals surface area contributed by atoms with Crippen LogP contribution in [0.5, 0.6) is 0 Å². The molecular weight excluding hydrogens is 653 g/mol. The zero-order valence-corrected chi connectivity index (χ0v) is 23.1. The van der Waals surface area contributed by atoms with Gasteiger partial charge in [-0.05, 0) is 50.2 Å². The molecule has 38 heavy (non-hydrogen) atoms. The molecule has 1 N–H and O–H groups in total. The number of carbonyl (C=O) groups excluding carboxylic acids is 1. The van der Waals surface area contributed by atoms with E-state index in [0.29, 0.717) is 0 Å². The molecule has 0 saturated carbocycles. The third-order valence-electron chi connectivity index (χ3n) is 6.28. The van der Waals surface area contributed by atoms with Crippen LogP contribution in [0.15, 0.2) is 107 Å². The van der Waals surface area contributed by atoms with Crippen molar-refractivity contribution in [2.75, 3.05) is 0 Å². The summed E-state index contributed by atoms with van der Waals surface area (Å²) in [6, 6.07) is 34.6. The summed E-state index contributed by atoms with van der Waals surface area (Å²) in [5, 5.41) is 12.6. The van der Waals surface area contributed by atoms with E-state index in [1.54, 1.807) is 0 Å². The monoisotopic (exact) mass is 676 g/mol. The molecule has 0 aliphatic carbocycles. The van der Waals surface area contributed by atoms with Gasteiger partial charge >= 0.3 is 0 Å². The molecule has 4 aromatic carbocycles. The molecule has 0 saturated heterocycles. The topological polar surface area (TPSA) is 68.3 Å². The van der Waals surface area contributed by atoms with Crippen LogP contribution in [0.4, 0.5) is 0 Å². The standard InChI is InChI=1S/C27H15N2O.C5H8O2.Ir/c1-2-9-18(10-3-1)29-21-13-7-15-24-26(21)25-19(11-6-14-23(25)30-24)27-22(29)16-17-8-4-5-12-20(17)28-27;1-4(6)3-5(2)7;/h1-10,12-16H;3,6H,1-2H3;/q-1;;/b;4-3-;. The summed E-state index contributed by atoms with van der Waals surface area (Å²) >= 11 is 0. The summed E-state index contributed by atoms with van der Waals surface area (Å²) in [6.07, 6.45) is 1.17. The summed E-state index contributed by atoms with van der Waals surface area (Å²) in [5.74, 6) is -0.0625. The predicted molar refractivity (Wildman–Crippen MR) is 149 cm³/mol. The number of aromatic nitrogens is 2. The van der Waals surface area contributed by atoms with E-state index in [2.05, 4.69) is 71.3 Å². The Hall–Kier alpha value is -4.25. The number of pyridine rings is 1. The Morgan fingerprint density at radius 3 is 2.37 bits per heavy atom. The molecular formula is C32H23IrN2O3-. The maximum atomic E-state index is 10.0. The second-order valence-corrected chi connectivity index (χ2v) is 8.96. The van der Waals surface area contributed by atoms with Gasteiger partial charge in [0.15, 0.2) is 5.78 Å². The van der Waals surface area contributed by atoms with Crippen molar-refractivity contribution < 1.29 is 34.4 Å². The van der Waals surface area contributed by atoms with Gasteiger partial charge in [0.2, 0.25) is 0 Å². The zero-order valence-electron chi connectivity index (χ0n) is 20.7.